The van der Waals surface area contributed by atoms with Crippen molar-refractivity contribution < 1.29 is 19.1 Å². The first-order valence-corrected chi connectivity index (χ1v) is 17.4. The second-order valence-corrected chi connectivity index (χ2v) is 18.1. The summed E-state index contributed by atoms with van der Waals surface area (Å²) < 4.78 is 5.55. The molecule has 0 aromatic rings. The average molecular weight is 599 g/mol. The summed E-state index contributed by atoms with van der Waals surface area (Å²) in [5.41, 5.74) is -0.468. The Labute approximate surface area is 262 Å². The lowest BCUT2D eigenvalue weighted by molar-refractivity contribution is -0.246. The minimum Gasteiger partial charge on any atom is -0.469 e. The average Bonchev–Trinajstić information content (AvgIpc) is 2.92. The Bertz CT molecular complexity index is 1130. The minimum atomic E-state index is -0.569. The highest BCUT2D eigenvalue weighted by Crippen LogP contribution is 2.77. The van der Waals surface area contributed by atoms with Gasteiger partial charge >= 0.3 is 5.97 Å². The molecule has 0 aromatic carbocycles. The van der Waals surface area contributed by atoms with Crippen LogP contribution < -0.4 is 5.32 Å². The van der Waals surface area contributed by atoms with Gasteiger partial charge < -0.3 is 15.0 Å². The van der Waals surface area contributed by atoms with Gasteiger partial charge in [0.05, 0.1) is 18.4 Å². The Hall–Kier alpha value is -1.43. The zero-order valence-electron chi connectivity index (χ0n) is 29.2. The Morgan fingerprint density at radius 2 is 1.51 bits per heavy atom. The van der Waals surface area contributed by atoms with Gasteiger partial charge in [0.2, 0.25) is 5.91 Å². The SMILES string of the molecule is COC(=O)C12CCC(C)(C)CC1C1CCC3C4(C)CC(C(=O)NCCCN(C)C)C(=O)C(C)(C)C4CCC3(C)C1(C)CC2. The van der Waals surface area contributed by atoms with Crippen LogP contribution in [-0.4, -0.2) is 56.9 Å². The zero-order valence-corrected chi connectivity index (χ0v) is 29.2. The van der Waals surface area contributed by atoms with E-state index in [1.165, 1.54) is 0 Å². The maximum Gasteiger partial charge on any atom is 0.312 e. The number of amides is 1. The van der Waals surface area contributed by atoms with Crippen LogP contribution in [0.2, 0.25) is 0 Å². The molecule has 5 aliphatic rings. The zero-order chi connectivity index (χ0) is 31.8. The van der Waals surface area contributed by atoms with Crippen LogP contribution in [-0.2, 0) is 19.1 Å². The maximum atomic E-state index is 14.0. The number of Topliss-reactive ketones (excluding diaryl/α,β-unsaturated/α-hetero) is 1. The number of rotatable bonds is 6. The number of ketones is 1. The van der Waals surface area contributed by atoms with Crippen molar-refractivity contribution in [1.82, 2.24) is 10.2 Å². The van der Waals surface area contributed by atoms with E-state index in [1.807, 2.05) is 14.1 Å². The standard InChI is InChI=1S/C37H62N2O4/c1-32(2)16-18-37(31(42)43-10)19-17-35(6)25(26(37)23-32)12-13-28-34(5)22-24(30(41)38-20-11-21-39(8)9)29(40)33(3,4)27(34)14-15-36(28,35)7/h24-28H,11-23H2,1-10H3,(H,38,41). The molecule has 9 unspecified atom stereocenters. The summed E-state index contributed by atoms with van der Waals surface area (Å²) in [5.74, 6) is 1.15. The minimum absolute atomic E-state index is 0.0324. The summed E-state index contributed by atoms with van der Waals surface area (Å²) in [6, 6.07) is 0. The fourth-order valence-corrected chi connectivity index (χ4v) is 12.5. The smallest absolute Gasteiger partial charge is 0.312 e. The number of carbonyl (C=O) groups is 3. The molecule has 0 bridgehead atoms. The van der Waals surface area contributed by atoms with E-state index in [0.717, 1.165) is 70.8 Å². The molecule has 5 saturated carbocycles. The van der Waals surface area contributed by atoms with Gasteiger partial charge in [-0.2, -0.15) is 0 Å². The van der Waals surface area contributed by atoms with Gasteiger partial charge in [-0.25, -0.2) is 0 Å². The number of fused-ring (bicyclic) bond motifs is 7. The van der Waals surface area contributed by atoms with Crippen LogP contribution in [0.3, 0.4) is 0 Å². The third kappa shape index (κ3) is 4.85. The van der Waals surface area contributed by atoms with E-state index in [2.05, 4.69) is 58.7 Å². The predicted molar refractivity (Wildman–Crippen MR) is 171 cm³/mol. The van der Waals surface area contributed by atoms with Crippen LogP contribution in [0.5, 0.6) is 0 Å². The Balaban J connectivity index is 1.47. The molecule has 5 fully saturated rings. The van der Waals surface area contributed by atoms with E-state index in [4.69, 9.17) is 4.74 Å². The summed E-state index contributed by atoms with van der Waals surface area (Å²) in [6.45, 7) is 18.2. The second kappa shape index (κ2) is 10.8. The lowest BCUT2D eigenvalue weighted by Gasteiger charge is -2.73. The largest absolute Gasteiger partial charge is 0.469 e. The van der Waals surface area contributed by atoms with Crippen molar-refractivity contribution in [3.05, 3.63) is 0 Å². The number of hydrogen-bond donors (Lipinski definition) is 1. The molecule has 9 atom stereocenters. The van der Waals surface area contributed by atoms with Crippen molar-refractivity contribution in [3.63, 3.8) is 0 Å². The van der Waals surface area contributed by atoms with Crippen LogP contribution in [0, 0.1) is 62.1 Å². The normalized spacial score (nSPS) is 44.8. The number of methoxy groups -OCH3 is 1. The van der Waals surface area contributed by atoms with Crippen molar-refractivity contribution >= 4 is 17.7 Å². The molecule has 0 saturated heterocycles. The molecule has 5 aliphatic carbocycles. The van der Waals surface area contributed by atoms with Crippen molar-refractivity contribution in [2.45, 2.75) is 119 Å². The third-order valence-corrected chi connectivity index (χ3v) is 15.0. The topological polar surface area (TPSA) is 75.7 Å². The van der Waals surface area contributed by atoms with E-state index < -0.39 is 11.3 Å². The fourth-order valence-electron chi connectivity index (χ4n) is 12.5. The van der Waals surface area contributed by atoms with Crippen molar-refractivity contribution in [3.8, 4) is 0 Å². The quantitative estimate of drug-likeness (QED) is 0.204. The van der Waals surface area contributed by atoms with Gasteiger partial charge in [0, 0.05) is 12.0 Å². The van der Waals surface area contributed by atoms with Crippen molar-refractivity contribution in [2.75, 3.05) is 34.3 Å². The van der Waals surface area contributed by atoms with Crippen LogP contribution in [0.25, 0.3) is 0 Å². The van der Waals surface area contributed by atoms with E-state index in [1.54, 1.807) is 7.11 Å². The molecule has 0 aromatic heterocycles. The Kier molecular flexibility index (Phi) is 8.30. The Morgan fingerprint density at radius 1 is 0.837 bits per heavy atom. The molecule has 0 spiro atoms. The van der Waals surface area contributed by atoms with Crippen molar-refractivity contribution in [2.24, 2.45) is 62.1 Å². The van der Waals surface area contributed by atoms with Crippen LogP contribution in [0.15, 0.2) is 0 Å². The van der Waals surface area contributed by atoms with Gasteiger partial charge in [-0.15, -0.1) is 0 Å². The number of esters is 1. The number of carbonyl (C=O) groups excluding carboxylic acids is 3. The second-order valence-electron chi connectivity index (χ2n) is 18.1. The van der Waals surface area contributed by atoms with Gasteiger partial charge in [0.25, 0.3) is 0 Å². The molecule has 0 aliphatic heterocycles. The first-order chi connectivity index (χ1) is 19.9. The van der Waals surface area contributed by atoms with Gasteiger partial charge in [-0.05, 0) is 137 Å². The summed E-state index contributed by atoms with van der Waals surface area (Å²) in [6.07, 6.45) is 11.1. The molecule has 1 amide bonds. The third-order valence-electron chi connectivity index (χ3n) is 15.0. The highest BCUT2D eigenvalue weighted by atomic mass is 16.5. The van der Waals surface area contributed by atoms with E-state index in [-0.39, 0.29) is 50.7 Å². The van der Waals surface area contributed by atoms with Gasteiger partial charge in [0.15, 0.2) is 5.78 Å². The number of hydrogen-bond acceptors (Lipinski definition) is 5. The molecule has 0 heterocycles. The van der Waals surface area contributed by atoms with E-state index >= 15 is 0 Å². The van der Waals surface area contributed by atoms with Crippen LogP contribution in [0.1, 0.15) is 119 Å². The molecule has 6 nitrogen and oxygen atoms in total. The molecule has 5 rings (SSSR count). The molecular weight excluding hydrogens is 536 g/mol. The summed E-state index contributed by atoms with van der Waals surface area (Å²) in [7, 11) is 5.67. The molecule has 1 N–H and O–H groups in total. The first kappa shape index (κ1) is 32.9. The Morgan fingerprint density at radius 3 is 2.16 bits per heavy atom. The number of nitrogens with one attached hydrogen (secondary N) is 1. The summed E-state index contributed by atoms with van der Waals surface area (Å²) in [4.78, 5) is 43.3. The van der Waals surface area contributed by atoms with E-state index in [0.29, 0.717) is 30.7 Å². The fraction of sp³-hybridized carbons (Fsp3) is 0.919. The molecule has 244 valence electrons. The van der Waals surface area contributed by atoms with Gasteiger partial charge in [0.1, 0.15) is 0 Å². The molecule has 6 heteroatoms. The first-order valence-electron chi connectivity index (χ1n) is 17.4. The highest BCUT2D eigenvalue weighted by molar-refractivity contribution is 6.04. The maximum absolute atomic E-state index is 14.0. The monoisotopic (exact) mass is 598 g/mol. The van der Waals surface area contributed by atoms with Crippen LogP contribution >= 0.6 is 0 Å². The van der Waals surface area contributed by atoms with Gasteiger partial charge in [-0.3, -0.25) is 14.4 Å². The van der Waals surface area contributed by atoms with Crippen molar-refractivity contribution in [1.29, 1.82) is 0 Å². The van der Waals surface area contributed by atoms with Crippen LogP contribution in [0.4, 0.5) is 0 Å². The number of nitrogens with zero attached hydrogens (tertiary/aromatic N) is 1. The summed E-state index contributed by atoms with van der Waals surface area (Å²) >= 11 is 0. The van der Waals surface area contributed by atoms with E-state index in [9.17, 15) is 14.4 Å². The lowest BCUT2D eigenvalue weighted by Crippen LogP contribution is -2.68. The molecular formula is C37H62N2O4. The summed E-state index contributed by atoms with van der Waals surface area (Å²) in [5, 5.41) is 3.15. The predicted octanol–water partition coefficient (Wildman–Crippen LogP) is 6.90. The molecule has 0 radical (unpaired) electrons. The lowest BCUT2D eigenvalue weighted by atomic mass is 9.31. The number of ether oxygens (including phenoxy) is 1. The molecule has 43 heavy (non-hydrogen) atoms. The van der Waals surface area contributed by atoms with Gasteiger partial charge in [-0.1, -0.05) is 48.5 Å². The highest BCUT2D eigenvalue weighted by Gasteiger charge is 2.72.